The lowest BCUT2D eigenvalue weighted by molar-refractivity contribution is 0.799. The van der Waals surface area contributed by atoms with Crippen LogP contribution in [-0.4, -0.2) is 28.1 Å². The molecule has 0 aliphatic rings. The predicted molar refractivity (Wildman–Crippen MR) is 87.4 cm³/mol. The first-order valence-corrected chi connectivity index (χ1v) is 7.77. The zero-order chi connectivity index (χ0) is 14.7. The van der Waals surface area contributed by atoms with E-state index >= 15 is 0 Å². The van der Waals surface area contributed by atoms with E-state index in [1.54, 1.807) is 11.3 Å². The minimum Gasteiger partial charge on any atom is -0.332 e. The van der Waals surface area contributed by atoms with Gasteiger partial charge < -0.3 is 9.88 Å². The van der Waals surface area contributed by atoms with Crippen LogP contribution in [0.25, 0.3) is 22.0 Å². The van der Waals surface area contributed by atoms with Crippen molar-refractivity contribution in [3.63, 3.8) is 0 Å². The maximum absolute atomic E-state index is 4.87. The van der Waals surface area contributed by atoms with Crippen molar-refractivity contribution in [3.8, 4) is 22.0 Å². The van der Waals surface area contributed by atoms with Crippen molar-refractivity contribution in [1.82, 2.24) is 19.9 Å². The quantitative estimate of drug-likeness (QED) is 0.787. The van der Waals surface area contributed by atoms with Crippen molar-refractivity contribution in [1.29, 1.82) is 0 Å². The minimum absolute atomic E-state index is 0.951. The van der Waals surface area contributed by atoms with Crippen molar-refractivity contribution >= 4 is 11.3 Å². The van der Waals surface area contributed by atoms with Crippen LogP contribution in [0, 0.1) is 0 Å². The fourth-order valence-electron chi connectivity index (χ4n) is 2.25. The van der Waals surface area contributed by atoms with Crippen molar-refractivity contribution in [2.75, 3.05) is 13.6 Å². The molecule has 4 nitrogen and oxygen atoms in total. The van der Waals surface area contributed by atoms with E-state index in [4.69, 9.17) is 4.98 Å². The zero-order valence-corrected chi connectivity index (χ0v) is 13.0. The Balaban J connectivity index is 2.05. The normalized spacial score (nSPS) is 11.0. The number of nitrogens with zero attached hydrogens (tertiary/aromatic N) is 3. The number of hydrogen-bond acceptors (Lipinski definition) is 4. The highest BCUT2D eigenvalue weighted by molar-refractivity contribution is 7.15. The van der Waals surface area contributed by atoms with E-state index in [2.05, 4.69) is 34.6 Å². The van der Waals surface area contributed by atoms with Gasteiger partial charge >= 0.3 is 0 Å². The number of likely N-dealkylation sites (N-methyl/N-ethyl adjacent to an activating group) is 1. The summed E-state index contributed by atoms with van der Waals surface area (Å²) in [6, 6.07) is 10.4. The summed E-state index contributed by atoms with van der Waals surface area (Å²) < 4.78 is 2.01. The Kier molecular flexibility index (Phi) is 4.13. The third-order valence-corrected chi connectivity index (χ3v) is 4.52. The molecular weight excluding hydrogens is 280 g/mol. The van der Waals surface area contributed by atoms with Gasteiger partial charge in [0.2, 0.25) is 0 Å². The number of imidazole rings is 1. The number of hydrogen-bond donors (Lipinski definition) is 1. The molecule has 2 aromatic heterocycles. The van der Waals surface area contributed by atoms with E-state index in [0.29, 0.717) is 0 Å². The monoisotopic (exact) mass is 298 g/mol. The second-order valence-electron chi connectivity index (χ2n) is 4.90. The maximum atomic E-state index is 4.87. The lowest BCUT2D eigenvalue weighted by Gasteiger charge is -2.01. The zero-order valence-electron chi connectivity index (χ0n) is 12.2. The first kappa shape index (κ1) is 14.0. The van der Waals surface area contributed by atoms with Crippen molar-refractivity contribution in [3.05, 3.63) is 47.7 Å². The molecule has 3 rings (SSSR count). The van der Waals surface area contributed by atoms with Gasteiger partial charge in [-0.1, -0.05) is 30.3 Å². The highest BCUT2D eigenvalue weighted by Gasteiger charge is 2.15. The van der Waals surface area contributed by atoms with Gasteiger partial charge in [0.25, 0.3) is 0 Å². The van der Waals surface area contributed by atoms with Crippen LogP contribution in [0.15, 0.2) is 42.9 Å². The molecule has 108 valence electrons. The Morgan fingerprint density at radius 3 is 2.71 bits per heavy atom. The van der Waals surface area contributed by atoms with E-state index in [0.717, 1.165) is 29.4 Å². The number of aryl methyl sites for hydroxylation is 1. The molecule has 1 aromatic carbocycles. The van der Waals surface area contributed by atoms with E-state index in [-0.39, 0.29) is 0 Å². The summed E-state index contributed by atoms with van der Waals surface area (Å²) in [5.41, 5.74) is 3.33. The Morgan fingerprint density at radius 1 is 1.24 bits per heavy atom. The second-order valence-corrected chi connectivity index (χ2v) is 5.98. The van der Waals surface area contributed by atoms with E-state index in [1.165, 1.54) is 10.4 Å². The lowest BCUT2D eigenvalue weighted by Crippen LogP contribution is -2.09. The molecule has 3 aromatic rings. The van der Waals surface area contributed by atoms with Crippen LogP contribution < -0.4 is 5.32 Å². The fourth-order valence-corrected chi connectivity index (χ4v) is 3.39. The molecule has 0 atom stereocenters. The van der Waals surface area contributed by atoms with Gasteiger partial charge in [-0.05, 0) is 20.0 Å². The summed E-state index contributed by atoms with van der Waals surface area (Å²) in [7, 11) is 3.98. The van der Waals surface area contributed by atoms with E-state index in [9.17, 15) is 0 Å². The number of thiazole rings is 1. The third-order valence-electron chi connectivity index (χ3n) is 3.38. The molecule has 0 aliphatic carbocycles. The Hall–Kier alpha value is -1.98. The topological polar surface area (TPSA) is 42.7 Å². The second kappa shape index (κ2) is 6.20. The van der Waals surface area contributed by atoms with Crippen LogP contribution >= 0.6 is 11.3 Å². The van der Waals surface area contributed by atoms with E-state index < -0.39 is 0 Å². The average molecular weight is 298 g/mol. The van der Waals surface area contributed by atoms with Gasteiger partial charge in [0.1, 0.15) is 5.01 Å². The van der Waals surface area contributed by atoms with Gasteiger partial charge in [-0.3, -0.25) is 0 Å². The van der Waals surface area contributed by atoms with Crippen LogP contribution in [0.3, 0.4) is 0 Å². The van der Waals surface area contributed by atoms with E-state index in [1.807, 2.05) is 37.3 Å². The molecular formula is C16H18N4S. The molecule has 21 heavy (non-hydrogen) atoms. The van der Waals surface area contributed by atoms with Gasteiger partial charge in [-0.15, -0.1) is 11.3 Å². The summed E-state index contributed by atoms with van der Waals surface area (Å²) in [6.45, 7) is 0.951. The highest BCUT2D eigenvalue weighted by atomic mass is 32.1. The van der Waals surface area contributed by atoms with Crippen molar-refractivity contribution in [2.45, 2.75) is 6.42 Å². The molecule has 0 aliphatic heterocycles. The number of benzene rings is 1. The van der Waals surface area contributed by atoms with Gasteiger partial charge in [-0.2, -0.15) is 0 Å². The van der Waals surface area contributed by atoms with Gasteiger partial charge in [0.15, 0.2) is 0 Å². The Bertz CT molecular complexity index is 715. The summed E-state index contributed by atoms with van der Waals surface area (Å²) in [6.07, 6.45) is 4.66. The molecule has 0 radical (unpaired) electrons. The number of rotatable bonds is 5. The highest BCUT2D eigenvalue weighted by Crippen LogP contribution is 2.33. The Morgan fingerprint density at radius 2 is 2.05 bits per heavy atom. The smallest absolute Gasteiger partial charge is 0.142 e. The standard InChI is InChI=1S/C16H18N4S/c1-17-9-8-14-15(12-6-4-3-5-7-12)19-16(21-14)13-10-18-11-20(13)2/h3-7,10-11,17H,8-9H2,1-2H3. The molecule has 0 fully saturated rings. The number of aromatic nitrogens is 3. The summed E-state index contributed by atoms with van der Waals surface area (Å²) in [4.78, 5) is 10.4. The largest absolute Gasteiger partial charge is 0.332 e. The van der Waals surface area contributed by atoms with Gasteiger partial charge in [-0.25, -0.2) is 9.97 Å². The van der Waals surface area contributed by atoms with Crippen LogP contribution in [0.5, 0.6) is 0 Å². The molecule has 0 bridgehead atoms. The predicted octanol–water partition coefficient (Wildman–Crippen LogP) is 2.97. The fraction of sp³-hybridized carbons (Fsp3) is 0.250. The van der Waals surface area contributed by atoms with Crippen LogP contribution in [0.4, 0.5) is 0 Å². The van der Waals surface area contributed by atoms with Crippen molar-refractivity contribution < 1.29 is 0 Å². The third kappa shape index (κ3) is 2.89. The Labute approximate surface area is 128 Å². The molecule has 5 heteroatoms. The SMILES string of the molecule is CNCCc1sc(-c2cncn2C)nc1-c1ccccc1. The van der Waals surface area contributed by atoms with Crippen molar-refractivity contribution in [2.24, 2.45) is 7.05 Å². The lowest BCUT2D eigenvalue weighted by atomic mass is 10.1. The van der Waals surface area contributed by atoms with Gasteiger partial charge in [0.05, 0.1) is 23.9 Å². The average Bonchev–Trinajstić information content (AvgIpc) is 3.12. The summed E-state index contributed by atoms with van der Waals surface area (Å²) in [5, 5.41) is 4.24. The molecule has 1 N–H and O–H groups in total. The molecule has 0 amide bonds. The molecule has 2 heterocycles. The maximum Gasteiger partial charge on any atom is 0.142 e. The number of nitrogens with one attached hydrogen (secondary N) is 1. The van der Waals surface area contributed by atoms with Crippen LogP contribution in [0.2, 0.25) is 0 Å². The first-order chi connectivity index (χ1) is 10.3. The molecule has 0 saturated heterocycles. The summed E-state index contributed by atoms with van der Waals surface area (Å²) in [5.74, 6) is 0. The minimum atomic E-state index is 0.951. The molecule has 0 saturated carbocycles. The molecule has 0 spiro atoms. The summed E-state index contributed by atoms with van der Waals surface area (Å²) >= 11 is 1.75. The van der Waals surface area contributed by atoms with Gasteiger partial charge in [0, 0.05) is 17.5 Å². The van der Waals surface area contributed by atoms with Crippen LogP contribution in [-0.2, 0) is 13.5 Å². The molecule has 0 unspecified atom stereocenters. The first-order valence-electron chi connectivity index (χ1n) is 6.96. The van der Waals surface area contributed by atoms with Crippen LogP contribution in [0.1, 0.15) is 4.88 Å².